The molecule has 0 bridgehead atoms. The monoisotopic (exact) mass is 304 g/mol. The van der Waals surface area contributed by atoms with E-state index in [4.69, 9.17) is 16.3 Å². The van der Waals surface area contributed by atoms with Crippen LogP contribution in [0.4, 0.5) is 0 Å². The van der Waals surface area contributed by atoms with Gasteiger partial charge in [0.2, 0.25) is 0 Å². The molecule has 108 valence electrons. The number of phenols is 1. The van der Waals surface area contributed by atoms with E-state index in [0.29, 0.717) is 16.1 Å². The highest BCUT2D eigenvalue weighted by atomic mass is 35.5. The molecule has 0 aliphatic carbocycles. The second-order valence-corrected chi connectivity index (χ2v) is 4.70. The molecule has 0 radical (unpaired) electrons. The van der Waals surface area contributed by atoms with Gasteiger partial charge in [-0.1, -0.05) is 35.9 Å². The minimum Gasteiger partial charge on any atom is -0.504 e. The number of hydrogen-bond donors (Lipinski definition) is 2. The van der Waals surface area contributed by atoms with Crippen LogP contribution in [0.2, 0.25) is 5.02 Å². The zero-order chi connectivity index (χ0) is 15.4. The maximum atomic E-state index is 11.4. The lowest BCUT2D eigenvalue weighted by Crippen LogP contribution is -1.99. The van der Waals surface area contributed by atoms with Crippen molar-refractivity contribution in [1.82, 2.24) is 0 Å². The molecule has 0 aliphatic heterocycles. The van der Waals surface area contributed by atoms with E-state index in [1.807, 2.05) is 0 Å². The number of benzene rings is 2. The van der Waals surface area contributed by atoms with Crippen molar-refractivity contribution in [3.05, 3.63) is 58.6 Å². The largest absolute Gasteiger partial charge is 0.504 e. The average Bonchev–Trinajstić information content (AvgIpc) is 2.47. The van der Waals surface area contributed by atoms with E-state index < -0.39 is 5.97 Å². The number of carboxylic acids is 1. The smallest absolute Gasteiger partial charge is 0.336 e. The van der Waals surface area contributed by atoms with Crippen LogP contribution in [0.5, 0.6) is 11.5 Å². The highest BCUT2D eigenvalue weighted by molar-refractivity contribution is 6.30. The zero-order valence-electron chi connectivity index (χ0n) is 11.2. The van der Waals surface area contributed by atoms with Gasteiger partial charge in [0.25, 0.3) is 0 Å². The number of carboxylic acid groups (broad SMARTS) is 1. The van der Waals surface area contributed by atoms with E-state index >= 15 is 0 Å². The molecule has 2 aromatic carbocycles. The number of aliphatic carboxylic acids is 1. The molecule has 5 heteroatoms. The molecule has 2 aromatic rings. The first-order valence-electron chi connectivity index (χ1n) is 6.10. The molecular formula is C16H13ClO4. The number of rotatable bonds is 4. The fraction of sp³-hybridized carbons (Fsp3) is 0.0625. The third kappa shape index (κ3) is 3.35. The van der Waals surface area contributed by atoms with Gasteiger partial charge in [0.1, 0.15) is 0 Å². The summed E-state index contributed by atoms with van der Waals surface area (Å²) in [6.45, 7) is 0. The van der Waals surface area contributed by atoms with Gasteiger partial charge in [0, 0.05) is 10.6 Å². The van der Waals surface area contributed by atoms with Crippen molar-refractivity contribution in [2.24, 2.45) is 0 Å². The first-order chi connectivity index (χ1) is 10.0. The van der Waals surface area contributed by atoms with Crippen molar-refractivity contribution in [2.45, 2.75) is 0 Å². The summed E-state index contributed by atoms with van der Waals surface area (Å²) < 4.78 is 5.00. The van der Waals surface area contributed by atoms with E-state index in [1.54, 1.807) is 42.5 Å². The van der Waals surface area contributed by atoms with E-state index in [0.717, 1.165) is 0 Å². The highest BCUT2D eigenvalue weighted by Gasteiger charge is 2.13. The highest BCUT2D eigenvalue weighted by Crippen LogP contribution is 2.32. The number of ether oxygens (including phenoxy) is 1. The van der Waals surface area contributed by atoms with Crippen LogP contribution < -0.4 is 4.74 Å². The molecule has 0 saturated heterocycles. The Bertz CT molecular complexity index is 690. The number of methoxy groups -OCH3 is 1. The minimum absolute atomic E-state index is 0.0511. The third-order valence-electron chi connectivity index (χ3n) is 2.94. The molecule has 0 aromatic heterocycles. The first-order valence-corrected chi connectivity index (χ1v) is 6.47. The van der Waals surface area contributed by atoms with Crippen LogP contribution in [0.1, 0.15) is 11.1 Å². The van der Waals surface area contributed by atoms with Gasteiger partial charge in [0.15, 0.2) is 11.5 Å². The molecular weight excluding hydrogens is 292 g/mol. The summed E-state index contributed by atoms with van der Waals surface area (Å²) in [5, 5.41) is 19.9. The summed E-state index contributed by atoms with van der Waals surface area (Å²) >= 11 is 5.80. The molecule has 0 heterocycles. The average molecular weight is 305 g/mol. The van der Waals surface area contributed by atoms with Crippen LogP contribution >= 0.6 is 11.6 Å². The lowest BCUT2D eigenvalue weighted by Gasteiger charge is -2.07. The van der Waals surface area contributed by atoms with Crippen molar-refractivity contribution in [2.75, 3.05) is 7.11 Å². The number of aromatic hydroxyl groups is 1. The number of carbonyl (C=O) groups is 1. The summed E-state index contributed by atoms with van der Waals surface area (Å²) in [6.07, 6.45) is 1.39. The Hall–Kier alpha value is -2.46. The third-order valence-corrected chi connectivity index (χ3v) is 3.19. The fourth-order valence-electron chi connectivity index (χ4n) is 1.87. The Morgan fingerprint density at radius 3 is 2.43 bits per heavy atom. The standard InChI is InChI=1S/C16H13ClO4/c1-21-14-4-2-3-11(15(14)18)9-13(16(19)20)10-5-7-12(17)8-6-10/h2-9,18H,1H3,(H,19,20)/b13-9-. The van der Waals surface area contributed by atoms with Gasteiger partial charge in [-0.2, -0.15) is 0 Å². The summed E-state index contributed by atoms with van der Waals surface area (Å²) in [5.41, 5.74) is 0.908. The van der Waals surface area contributed by atoms with Crippen molar-refractivity contribution in [3.63, 3.8) is 0 Å². The normalized spacial score (nSPS) is 11.2. The van der Waals surface area contributed by atoms with Crippen LogP contribution in [0.3, 0.4) is 0 Å². The van der Waals surface area contributed by atoms with Crippen LogP contribution in [-0.4, -0.2) is 23.3 Å². The van der Waals surface area contributed by atoms with Crippen molar-refractivity contribution < 1.29 is 19.7 Å². The Morgan fingerprint density at radius 1 is 1.19 bits per heavy atom. The second kappa shape index (κ2) is 6.33. The minimum atomic E-state index is -1.10. The Labute approximate surface area is 126 Å². The molecule has 0 atom stereocenters. The van der Waals surface area contributed by atoms with Gasteiger partial charge in [-0.15, -0.1) is 0 Å². The van der Waals surface area contributed by atoms with E-state index in [1.165, 1.54) is 13.2 Å². The SMILES string of the molecule is COc1cccc(/C=C(\C(=O)O)c2ccc(Cl)cc2)c1O. The number of phenolic OH excluding ortho intramolecular Hbond substituents is 1. The van der Waals surface area contributed by atoms with E-state index in [-0.39, 0.29) is 17.1 Å². The lowest BCUT2D eigenvalue weighted by atomic mass is 10.0. The van der Waals surface area contributed by atoms with E-state index in [2.05, 4.69) is 0 Å². The van der Waals surface area contributed by atoms with Crippen molar-refractivity contribution in [1.29, 1.82) is 0 Å². The molecule has 0 unspecified atom stereocenters. The summed E-state index contributed by atoms with van der Waals surface area (Å²) in [5.74, 6) is -0.920. The maximum absolute atomic E-state index is 11.4. The molecule has 0 spiro atoms. The maximum Gasteiger partial charge on any atom is 0.336 e. The molecule has 2 rings (SSSR count). The predicted molar refractivity (Wildman–Crippen MR) is 81.6 cm³/mol. The Morgan fingerprint density at radius 2 is 1.86 bits per heavy atom. The van der Waals surface area contributed by atoms with Crippen LogP contribution in [0, 0.1) is 0 Å². The summed E-state index contributed by atoms with van der Waals surface area (Å²) in [6, 6.07) is 11.3. The molecule has 0 saturated carbocycles. The summed E-state index contributed by atoms with van der Waals surface area (Å²) in [7, 11) is 1.43. The molecule has 0 fully saturated rings. The van der Waals surface area contributed by atoms with Crippen LogP contribution in [0.15, 0.2) is 42.5 Å². The molecule has 4 nitrogen and oxygen atoms in total. The Kier molecular flexibility index (Phi) is 4.50. The van der Waals surface area contributed by atoms with Gasteiger partial charge in [-0.3, -0.25) is 0 Å². The fourth-order valence-corrected chi connectivity index (χ4v) is 2.00. The number of para-hydroxylation sites is 1. The molecule has 0 amide bonds. The zero-order valence-corrected chi connectivity index (χ0v) is 12.0. The Balaban J connectivity index is 2.53. The van der Waals surface area contributed by atoms with Crippen LogP contribution in [-0.2, 0) is 4.79 Å². The lowest BCUT2D eigenvalue weighted by molar-refractivity contribution is -0.130. The van der Waals surface area contributed by atoms with Crippen LogP contribution in [0.25, 0.3) is 11.6 Å². The van der Waals surface area contributed by atoms with Gasteiger partial charge in [-0.05, 0) is 29.8 Å². The predicted octanol–water partition coefficient (Wildman–Crippen LogP) is 3.68. The van der Waals surface area contributed by atoms with Crippen molar-refractivity contribution >= 4 is 29.2 Å². The summed E-state index contributed by atoms with van der Waals surface area (Å²) in [4.78, 5) is 11.4. The topological polar surface area (TPSA) is 66.8 Å². The van der Waals surface area contributed by atoms with Gasteiger partial charge in [0.05, 0.1) is 12.7 Å². The number of halogens is 1. The number of hydrogen-bond acceptors (Lipinski definition) is 3. The van der Waals surface area contributed by atoms with Crippen molar-refractivity contribution in [3.8, 4) is 11.5 Å². The van der Waals surface area contributed by atoms with Gasteiger partial charge >= 0.3 is 5.97 Å². The van der Waals surface area contributed by atoms with E-state index in [9.17, 15) is 15.0 Å². The van der Waals surface area contributed by atoms with Gasteiger partial charge in [-0.25, -0.2) is 4.79 Å². The second-order valence-electron chi connectivity index (χ2n) is 4.27. The van der Waals surface area contributed by atoms with Gasteiger partial charge < -0.3 is 14.9 Å². The molecule has 21 heavy (non-hydrogen) atoms. The quantitative estimate of drug-likeness (QED) is 0.668. The first kappa shape index (κ1) is 14.9. The molecule has 0 aliphatic rings. The molecule has 2 N–H and O–H groups in total.